The van der Waals surface area contributed by atoms with Gasteiger partial charge in [-0.3, -0.25) is 4.79 Å². The number of nitrogens with zero attached hydrogens (tertiary/aromatic N) is 2. The topological polar surface area (TPSA) is 65.4 Å². The molecule has 1 fully saturated rings. The lowest BCUT2D eigenvalue weighted by atomic mass is 10.1. The molecule has 5 nitrogen and oxygen atoms in total. The smallest absolute Gasteiger partial charge is 0.250 e. The highest BCUT2D eigenvalue weighted by molar-refractivity contribution is 9.10. The highest BCUT2D eigenvalue weighted by Crippen LogP contribution is 2.34. The lowest BCUT2D eigenvalue weighted by Crippen LogP contribution is -2.49. The van der Waals surface area contributed by atoms with Crippen molar-refractivity contribution in [3.63, 3.8) is 0 Å². The van der Waals surface area contributed by atoms with Crippen molar-refractivity contribution in [2.24, 2.45) is 0 Å². The van der Waals surface area contributed by atoms with Crippen LogP contribution in [0.15, 0.2) is 16.6 Å². The highest BCUT2D eigenvalue weighted by Gasteiger charge is 2.28. The molecule has 0 saturated carbocycles. The Morgan fingerprint density at radius 1 is 1.65 bits per heavy atom. The van der Waals surface area contributed by atoms with Crippen molar-refractivity contribution in [1.82, 2.24) is 5.32 Å². The van der Waals surface area contributed by atoms with E-state index < -0.39 is 6.10 Å². The third-order valence-corrected chi connectivity index (χ3v) is 3.89. The molecule has 1 aromatic rings. The molecule has 0 radical (unpaired) electrons. The largest absolute Gasteiger partial charge is 0.365 e. The van der Waals surface area contributed by atoms with E-state index in [4.69, 9.17) is 16.3 Å². The Hall–Kier alpha value is -1.29. The van der Waals surface area contributed by atoms with Crippen molar-refractivity contribution in [3.8, 4) is 6.07 Å². The lowest BCUT2D eigenvalue weighted by molar-refractivity contribution is -0.132. The molecule has 0 spiro atoms. The van der Waals surface area contributed by atoms with Crippen LogP contribution in [-0.2, 0) is 9.53 Å². The number of likely N-dealkylation sites (N-methyl/N-ethyl adjacent to an activating group) is 1. The van der Waals surface area contributed by atoms with E-state index in [9.17, 15) is 10.1 Å². The van der Waals surface area contributed by atoms with Crippen LogP contribution in [0.5, 0.6) is 0 Å². The van der Waals surface area contributed by atoms with Gasteiger partial charge in [-0.2, -0.15) is 5.26 Å². The SMILES string of the molecule is CNC(=O)[C@@H]1CN(c2c(Br)cc(Cl)cc2C#N)CCO1. The maximum absolute atomic E-state index is 11.7. The summed E-state index contributed by atoms with van der Waals surface area (Å²) in [4.78, 5) is 13.6. The van der Waals surface area contributed by atoms with E-state index in [1.165, 1.54) is 0 Å². The van der Waals surface area contributed by atoms with Gasteiger partial charge in [-0.25, -0.2) is 0 Å². The molecule has 2 rings (SSSR count). The van der Waals surface area contributed by atoms with Gasteiger partial charge in [-0.1, -0.05) is 11.6 Å². The second-order valence-corrected chi connectivity index (χ2v) is 5.61. The predicted octanol–water partition coefficient (Wildman–Crippen LogP) is 1.93. The average molecular weight is 359 g/mol. The first-order chi connectivity index (χ1) is 9.56. The number of hydrogen-bond acceptors (Lipinski definition) is 4. The molecule has 1 aliphatic rings. The van der Waals surface area contributed by atoms with Gasteiger partial charge in [0.2, 0.25) is 0 Å². The molecule has 20 heavy (non-hydrogen) atoms. The second-order valence-electron chi connectivity index (χ2n) is 4.32. The summed E-state index contributed by atoms with van der Waals surface area (Å²) in [6.45, 7) is 1.44. The molecular formula is C13H13BrClN3O2. The summed E-state index contributed by atoms with van der Waals surface area (Å²) >= 11 is 9.38. The van der Waals surface area contributed by atoms with Gasteiger partial charge >= 0.3 is 0 Å². The van der Waals surface area contributed by atoms with Crippen LogP contribution >= 0.6 is 27.5 Å². The van der Waals surface area contributed by atoms with Crippen molar-refractivity contribution in [2.75, 3.05) is 31.6 Å². The Balaban J connectivity index is 2.32. The molecule has 7 heteroatoms. The molecular weight excluding hydrogens is 346 g/mol. The quantitative estimate of drug-likeness (QED) is 0.877. The number of hydrogen-bond donors (Lipinski definition) is 1. The standard InChI is InChI=1S/C13H13BrClN3O2/c1-17-13(19)11-7-18(2-3-20-11)12-8(6-16)4-9(15)5-10(12)14/h4-5,11H,2-3,7H2,1H3,(H,17,19)/t11-/m0/s1. The van der Waals surface area contributed by atoms with Crippen molar-refractivity contribution >= 4 is 39.1 Å². The normalized spacial score (nSPS) is 18.5. The maximum atomic E-state index is 11.7. The first-order valence-corrected chi connectivity index (χ1v) is 7.21. The van der Waals surface area contributed by atoms with Crippen molar-refractivity contribution in [3.05, 3.63) is 27.2 Å². The zero-order valence-electron chi connectivity index (χ0n) is 10.8. The minimum Gasteiger partial charge on any atom is -0.365 e. The van der Waals surface area contributed by atoms with Gasteiger partial charge < -0.3 is 15.0 Å². The Labute approximate surface area is 130 Å². The molecule has 1 saturated heterocycles. The van der Waals surface area contributed by atoms with Crippen LogP contribution in [0.1, 0.15) is 5.56 Å². The summed E-state index contributed by atoms with van der Waals surface area (Å²) in [6.07, 6.45) is -0.539. The fourth-order valence-corrected chi connectivity index (χ4v) is 3.21. The van der Waals surface area contributed by atoms with Crippen molar-refractivity contribution < 1.29 is 9.53 Å². The van der Waals surface area contributed by atoms with Gasteiger partial charge in [0.1, 0.15) is 6.07 Å². The fraction of sp³-hybridized carbons (Fsp3) is 0.385. The summed E-state index contributed by atoms with van der Waals surface area (Å²) in [5, 5.41) is 12.3. The number of nitriles is 1. The Morgan fingerprint density at radius 3 is 3.05 bits per heavy atom. The molecule has 0 bridgehead atoms. The Bertz CT molecular complexity index is 573. The van der Waals surface area contributed by atoms with Crippen LogP contribution in [0.4, 0.5) is 5.69 Å². The molecule has 1 N–H and O–H groups in total. The Kier molecular flexibility index (Phi) is 4.86. The van der Waals surface area contributed by atoms with Crippen LogP contribution in [0.2, 0.25) is 5.02 Å². The van der Waals surface area contributed by atoms with Crippen LogP contribution in [0.3, 0.4) is 0 Å². The van der Waals surface area contributed by atoms with Gasteiger partial charge in [-0.05, 0) is 28.1 Å². The molecule has 1 atom stereocenters. The molecule has 1 heterocycles. The number of carbonyl (C=O) groups excluding carboxylic acids is 1. The molecule has 1 aromatic carbocycles. The van der Waals surface area contributed by atoms with Gasteiger partial charge in [0.15, 0.2) is 6.10 Å². The van der Waals surface area contributed by atoms with E-state index in [1.54, 1.807) is 19.2 Å². The van der Waals surface area contributed by atoms with Crippen molar-refractivity contribution in [2.45, 2.75) is 6.10 Å². The third kappa shape index (κ3) is 3.06. The van der Waals surface area contributed by atoms with Gasteiger partial charge in [-0.15, -0.1) is 0 Å². The maximum Gasteiger partial charge on any atom is 0.250 e. The number of rotatable bonds is 2. The molecule has 0 aliphatic carbocycles. The number of benzene rings is 1. The van der Waals surface area contributed by atoms with Crippen molar-refractivity contribution in [1.29, 1.82) is 5.26 Å². The van der Waals surface area contributed by atoms with Crippen LogP contribution in [0, 0.1) is 11.3 Å². The zero-order valence-corrected chi connectivity index (χ0v) is 13.2. The fourth-order valence-electron chi connectivity index (χ4n) is 2.14. The second kappa shape index (κ2) is 6.44. The molecule has 106 valence electrons. The molecule has 1 aliphatic heterocycles. The summed E-state index contributed by atoms with van der Waals surface area (Å²) in [5.41, 5.74) is 1.22. The van der Waals surface area contributed by atoms with Crippen LogP contribution < -0.4 is 10.2 Å². The summed E-state index contributed by atoms with van der Waals surface area (Å²) in [5.74, 6) is -0.168. The number of carbonyl (C=O) groups is 1. The zero-order chi connectivity index (χ0) is 14.7. The van der Waals surface area contributed by atoms with E-state index >= 15 is 0 Å². The van der Waals surface area contributed by atoms with Crippen LogP contribution in [-0.4, -0.2) is 38.8 Å². The van der Waals surface area contributed by atoms with Gasteiger partial charge in [0, 0.05) is 23.1 Å². The minimum absolute atomic E-state index is 0.168. The Morgan fingerprint density at radius 2 is 2.40 bits per heavy atom. The van der Waals surface area contributed by atoms with E-state index in [-0.39, 0.29) is 5.91 Å². The van der Waals surface area contributed by atoms with Gasteiger partial charge in [0.25, 0.3) is 5.91 Å². The first kappa shape index (κ1) is 15.1. The number of nitrogens with one attached hydrogen (secondary N) is 1. The third-order valence-electron chi connectivity index (χ3n) is 3.07. The number of amides is 1. The minimum atomic E-state index is -0.539. The molecule has 1 amide bonds. The summed E-state index contributed by atoms with van der Waals surface area (Å²) in [6, 6.07) is 5.49. The number of anilines is 1. The number of ether oxygens (including phenoxy) is 1. The monoisotopic (exact) mass is 357 g/mol. The molecule has 0 aromatic heterocycles. The number of morpholine rings is 1. The molecule has 0 unspecified atom stereocenters. The van der Waals surface area contributed by atoms with E-state index in [1.807, 2.05) is 4.90 Å². The lowest BCUT2D eigenvalue weighted by Gasteiger charge is -2.34. The highest BCUT2D eigenvalue weighted by atomic mass is 79.9. The van der Waals surface area contributed by atoms with Crippen LogP contribution in [0.25, 0.3) is 0 Å². The van der Waals surface area contributed by atoms with E-state index in [0.717, 1.165) is 10.2 Å². The summed E-state index contributed by atoms with van der Waals surface area (Å²) in [7, 11) is 1.57. The first-order valence-electron chi connectivity index (χ1n) is 6.04. The number of halogens is 2. The van der Waals surface area contributed by atoms with Gasteiger partial charge in [0.05, 0.1) is 24.4 Å². The predicted molar refractivity (Wildman–Crippen MR) is 79.9 cm³/mol. The van der Waals surface area contributed by atoms with E-state index in [0.29, 0.717) is 30.3 Å². The average Bonchev–Trinajstić information content (AvgIpc) is 2.45. The summed E-state index contributed by atoms with van der Waals surface area (Å²) < 4.78 is 6.18. The van der Waals surface area contributed by atoms with E-state index in [2.05, 4.69) is 27.3 Å².